The van der Waals surface area contributed by atoms with Crippen molar-refractivity contribution in [1.29, 1.82) is 5.26 Å². The van der Waals surface area contributed by atoms with Crippen molar-refractivity contribution in [3.05, 3.63) is 60.2 Å². The van der Waals surface area contributed by atoms with Gasteiger partial charge in [0.25, 0.3) is 0 Å². The summed E-state index contributed by atoms with van der Waals surface area (Å²) in [6, 6.07) is 18.1. The van der Waals surface area contributed by atoms with Crippen molar-refractivity contribution in [2.45, 2.75) is 12.5 Å². The highest BCUT2D eigenvalue weighted by Crippen LogP contribution is 2.25. The number of hydrogen-bond donors (Lipinski definition) is 1. The van der Waals surface area contributed by atoms with Crippen LogP contribution in [0.2, 0.25) is 0 Å². The highest BCUT2D eigenvalue weighted by atomic mass is 16.5. The highest BCUT2D eigenvalue weighted by molar-refractivity contribution is 5.36. The molecule has 0 aliphatic heterocycles. The third-order valence-corrected chi connectivity index (χ3v) is 2.61. The summed E-state index contributed by atoms with van der Waals surface area (Å²) in [4.78, 5) is 0. The third-order valence-electron chi connectivity index (χ3n) is 2.61. The molecule has 0 aliphatic carbocycles. The second kappa shape index (κ2) is 4.91. The van der Waals surface area contributed by atoms with E-state index in [-0.39, 0.29) is 0 Å². The summed E-state index contributed by atoms with van der Waals surface area (Å²) >= 11 is 0. The molecule has 1 atom stereocenters. The van der Waals surface area contributed by atoms with E-state index in [1.165, 1.54) is 6.92 Å². The second-order valence-electron chi connectivity index (χ2n) is 4.12. The van der Waals surface area contributed by atoms with Crippen molar-refractivity contribution in [1.82, 2.24) is 0 Å². The summed E-state index contributed by atoms with van der Waals surface area (Å²) in [5.41, 5.74) is -0.920. The van der Waals surface area contributed by atoms with Crippen LogP contribution in [0.1, 0.15) is 12.5 Å². The number of benzene rings is 2. The first-order valence-corrected chi connectivity index (χ1v) is 5.59. The molecular formula is C15H13NO2. The fourth-order valence-corrected chi connectivity index (χ4v) is 1.54. The molecule has 1 unspecified atom stereocenters. The predicted octanol–water partition coefficient (Wildman–Crippen LogP) is 3.21. The minimum Gasteiger partial charge on any atom is -0.457 e. The van der Waals surface area contributed by atoms with Crippen LogP contribution >= 0.6 is 0 Å². The van der Waals surface area contributed by atoms with E-state index in [9.17, 15) is 5.11 Å². The minimum absolute atomic E-state index is 0.547. The zero-order chi connectivity index (χ0) is 13.0. The van der Waals surface area contributed by atoms with Crippen LogP contribution in [0.5, 0.6) is 11.5 Å². The Morgan fingerprint density at radius 3 is 2.11 bits per heavy atom. The van der Waals surface area contributed by atoms with Gasteiger partial charge in [-0.3, -0.25) is 0 Å². The number of rotatable bonds is 3. The van der Waals surface area contributed by atoms with Gasteiger partial charge in [-0.05, 0) is 36.8 Å². The van der Waals surface area contributed by atoms with Crippen LogP contribution in [-0.2, 0) is 5.60 Å². The van der Waals surface area contributed by atoms with E-state index in [2.05, 4.69) is 0 Å². The molecule has 0 aliphatic rings. The van der Waals surface area contributed by atoms with Crippen LogP contribution in [0.15, 0.2) is 54.6 Å². The first-order valence-electron chi connectivity index (χ1n) is 5.59. The first-order chi connectivity index (χ1) is 8.62. The summed E-state index contributed by atoms with van der Waals surface area (Å²) in [6.07, 6.45) is 0. The van der Waals surface area contributed by atoms with E-state index in [1.807, 2.05) is 36.4 Å². The van der Waals surface area contributed by atoms with Crippen LogP contribution in [0.4, 0.5) is 0 Å². The number of hydrogen-bond acceptors (Lipinski definition) is 3. The van der Waals surface area contributed by atoms with Gasteiger partial charge in [0.1, 0.15) is 17.6 Å². The molecule has 2 rings (SSSR count). The summed E-state index contributed by atoms with van der Waals surface area (Å²) in [5.74, 6) is 1.41. The normalized spacial score (nSPS) is 13.4. The average molecular weight is 239 g/mol. The molecule has 0 aromatic heterocycles. The summed E-state index contributed by atoms with van der Waals surface area (Å²) < 4.78 is 5.62. The lowest BCUT2D eigenvalue weighted by Gasteiger charge is -2.14. The lowest BCUT2D eigenvalue weighted by atomic mass is 9.98. The van der Waals surface area contributed by atoms with E-state index in [4.69, 9.17) is 10.00 Å². The third kappa shape index (κ3) is 2.68. The fraction of sp³-hybridized carbons (Fsp3) is 0.133. The van der Waals surface area contributed by atoms with Crippen LogP contribution in [0, 0.1) is 11.3 Å². The predicted molar refractivity (Wildman–Crippen MR) is 68.1 cm³/mol. The SMILES string of the molecule is CC(O)(C#N)c1ccc(Oc2ccccc2)cc1. The van der Waals surface area contributed by atoms with Crippen LogP contribution in [0.25, 0.3) is 0 Å². The lowest BCUT2D eigenvalue weighted by molar-refractivity contribution is 0.119. The number of nitrogens with zero attached hydrogens (tertiary/aromatic N) is 1. The average Bonchev–Trinajstić information content (AvgIpc) is 2.40. The molecule has 3 heteroatoms. The highest BCUT2D eigenvalue weighted by Gasteiger charge is 2.21. The number of para-hydroxylation sites is 1. The van der Waals surface area contributed by atoms with Gasteiger partial charge in [-0.1, -0.05) is 30.3 Å². The lowest BCUT2D eigenvalue weighted by Crippen LogP contribution is -2.17. The molecule has 90 valence electrons. The van der Waals surface area contributed by atoms with Gasteiger partial charge in [-0.15, -0.1) is 0 Å². The molecule has 3 nitrogen and oxygen atoms in total. The Balaban J connectivity index is 2.17. The largest absolute Gasteiger partial charge is 0.457 e. The van der Waals surface area contributed by atoms with Crippen molar-refractivity contribution >= 4 is 0 Å². The van der Waals surface area contributed by atoms with Crippen LogP contribution in [0.3, 0.4) is 0 Å². The van der Waals surface area contributed by atoms with Crippen molar-refractivity contribution in [3.8, 4) is 17.6 Å². The Kier molecular flexibility index (Phi) is 3.31. The molecule has 0 bridgehead atoms. The molecule has 0 radical (unpaired) electrons. The molecule has 0 spiro atoms. The van der Waals surface area contributed by atoms with Gasteiger partial charge in [0.2, 0.25) is 0 Å². The number of ether oxygens (including phenoxy) is 1. The molecular weight excluding hydrogens is 226 g/mol. The zero-order valence-corrected chi connectivity index (χ0v) is 10.00. The van der Waals surface area contributed by atoms with Gasteiger partial charge in [0.15, 0.2) is 5.60 Å². The van der Waals surface area contributed by atoms with E-state index < -0.39 is 5.60 Å². The maximum absolute atomic E-state index is 9.77. The molecule has 2 aromatic carbocycles. The molecule has 18 heavy (non-hydrogen) atoms. The topological polar surface area (TPSA) is 53.2 Å². The van der Waals surface area contributed by atoms with Gasteiger partial charge in [-0.25, -0.2) is 0 Å². The maximum atomic E-state index is 9.77. The minimum atomic E-state index is -1.47. The van der Waals surface area contributed by atoms with Crippen molar-refractivity contribution in [2.24, 2.45) is 0 Å². The van der Waals surface area contributed by atoms with Gasteiger partial charge >= 0.3 is 0 Å². The Morgan fingerprint density at radius 1 is 1.00 bits per heavy atom. The van der Waals surface area contributed by atoms with E-state index in [0.717, 1.165) is 5.75 Å². The van der Waals surface area contributed by atoms with Gasteiger partial charge in [0.05, 0.1) is 0 Å². The quantitative estimate of drug-likeness (QED) is 0.837. The van der Waals surface area contributed by atoms with E-state index in [0.29, 0.717) is 11.3 Å². The molecule has 0 fully saturated rings. The maximum Gasteiger partial charge on any atom is 0.173 e. The molecule has 0 saturated heterocycles. The van der Waals surface area contributed by atoms with Crippen molar-refractivity contribution < 1.29 is 9.84 Å². The van der Waals surface area contributed by atoms with Gasteiger partial charge in [-0.2, -0.15) is 5.26 Å². The standard InChI is InChI=1S/C15H13NO2/c1-15(17,11-16)12-7-9-14(10-8-12)18-13-5-3-2-4-6-13/h2-10,17H,1H3. The Morgan fingerprint density at radius 2 is 1.56 bits per heavy atom. The van der Waals surface area contributed by atoms with Gasteiger partial charge in [0, 0.05) is 0 Å². The molecule has 0 amide bonds. The fourth-order valence-electron chi connectivity index (χ4n) is 1.54. The summed E-state index contributed by atoms with van der Waals surface area (Å²) in [6.45, 7) is 1.46. The molecule has 0 heterocycles. The molecule has 1 N–H and O–H groups in total. The summed E-state index contributed by atoms with van der Waals surface area (Å²) in [7, 11) is 0. The second-order valence-corrected chi connectivity index (χ2v) is 4.12. The van der Waals surface area contributed by atoms with Crippen molar-refractivity contribution in [3.63, 3.8) is 0 Å². The Bertz CT molecular complexity index is 553. The molecule has 2 aromatic rings. The summed E-state index contributed by atoms with van der Waals surface area (Å²) in [5, 5.41) is 18.6. The van der Waals surface area contributed by atoms with E-state index in [1.54, 1.807) is 24.3 Å². The Labute approximate surface area is 106 Å². The van der Waals surface area contributed by atoms with E-state index >= 15 is 0 Å². The monoisotopic (exact) mass is 239 g/mol. The van der Waals surface area contributed by atoms with Crippen LogP contribution in [-0.4, -0.2) is 5.11 Å². The van der Waals surface area contributed by atoms with Gasteiger partial charge < -0.3 is 9.84 Å². The van der Waals surface area contributed by atoms with Crippen LogP contribution < -0.4 is 4.74 Å². The molecule has 0 saturated carbocycles. The first kappa shape index (κ1) is 12.2. The van der Waals surface area contributed by atoms with Crippen molar-refractivity contribution in [2.75, 3.05) is 0 Å². The smallest absolute Gasteiger partial charge is 0.173 e. The Hall–Kier alpha value is -2.31. The number of nitriles is 1. The zero-order valence-electron chi connectivity index (χ0n) is 10.00. The number of aliphatic hydroxyl groups is 1.